The monoisotopic (exact) mass is 519 g/mol. The van der Waals surface area contributed by atoms with Crippen LogP contribution in [0.2, 0.25) is 0 Å². The highest BCUT2D eigenvalue weighted by molar-refractivity contribution is 8.14. The van der Waals surface area contributed by atoms with Crippen LogP contribution in [0.4, 0.5) is 0 Å². The Kier molecular flexibility index (Phi) is 12.4. The molecule has 1 heterocycles. The first kappa shape index (κ1) is 29.3. The van der Waals surface area contributed by atoms with E-state index in [4.69, 9.17) is 20.6 Å². The molecule has 3 amide bonds. The Hall–Kier alpha value is -2.89. The molecule has 1 aromatic carbocycles. The van der Waals surface area contributed by atoms with Crippen molar-refractivity contribution in [3.63, 3.8) is 0 Å². The van der Waals surface area contributed by atoms with Gasteiger partial charge in [0.15, 0.2) is 0 Å². The van der Waals surface area contributed by atoms with Crippen molar-refractivity contribution in [2.75, 3.05) is 45.8 Å². The average Bonchev–Trinajstić information content (AvgIpc) is 2.82. The minimum Gasteiger partial charge on any atom is -0.398 e. The maximum atomic E-state index is 12.9. The van der Waals surface area contributed by atoms with E-state index in [0.717, 1.165) is 11.1 Å². The van der Waals surface area contributed by atoms with Gasteiger partial charge >= 0.3 is 0 Å². The number of benzene rings is 1. The molecule has 0 fully saturated rings. The molecule has 0 aliphatic carbocycles. The van der Waals surface area contributed by atoms with E-state index >= 15 is 0 Å². The molecule has 0 spiro atoms. The number of rotatable bonds is 7. The predicted molar refractivity (Wildman–Crippen MR) is 142 cm³/mol. The third-order valence-electron chi connectivity index (χ3n) is 5.58. The minimum absolute atomic E-state index is 0.148. The summed E-state index contributed by atoms with van der Waals surface area (Å²) in [5.74, 6) is -0.462. The van der Waals surface area contributed by atoms with Crippen LogP contribution in [0.1, 0.15) is 46.3 Å². The number of carbonyl (C=O) groups excluding carboxylic acids is 3. The fourth-order valence-corrected chi connectivity index (χ4v) is 4.39. The molecular formula is C25H37N5O5S. The van der Waals surface area contributed by atoms with Gasteiger partial charge in [-0.2, -0.15) is 0 Å². The normalized spacial score (nSPS) is 19.5. The van der Waals surface area contributed by atoms with Crippen LogP contribution in [0.3, 0.4) is 0 Å². The second kappa shape index (κ2) is 15.3. The van der Waals surface area contributed by atoms with Gasteiger partial charge in [0.1, 0.15) is 6.04 Å². The highest BCUT2D eigenvalue weighted by atomic mass is 32.2. The van der Waals surface area contributed by atoms with Gasteiger partial charge in [0, 0.05) is 49.2 Å². The van der Waals surface area contributed by atoms with Crippen molar-refractivity contribution >= 4 is 40.2 Å². The quantitative estimate of drug-likeness (QED) is 0.342. The van der Waals surface area contributed by atoms with Gasteiger partial charge in [-0.25, -0.2) is 0 Å². The molecule has 11 heteroatoms. The largest absolute Gasteiger partial charge is 0.398 e. The van der Waals surface area contributed by atoms with Gasteiger partial charge in [-0.3, -0.25) is 19.8 Å². The van der Waals surface area contributed by atoms with E-state index in [0.29, 0.717) is 68.3 Å². The maximum Gasteiger partial charge on any atom is 0.251 e. The zero-order valence-electron chi connectivity index (χ0n) is 21.2. The Morgan fingerprint density at radius 2 is 1.94 bits per heavy atom. The number of hydrogen-bond acceptors (Lipinski definition) is 8. The molecule has 36 heavy (non-hydrogen) atoms. The van der Waals surface area contributed by atoms with E-state index in [1.807, 2.05) is 19.9 Å². The SMILES string of the molecule is COCCOCCNC(=O)C1CCCNC(=O)c2cc(c(C)cc2C)/C(N)=C/C(=N)SCCC(=O)N1. The van der Waals surface area contributed by atoms with E-state index in [1.165, 1.54) is 17.8 Å². The number of fused-ring (bicyclic) bond motifs is 2. The Bertz CT molecular complexity index is 982. The number of thioether (sulfide) groups is 1. The second-order valence-electron chi connectivity index (χ2n) is 8.46. The summed E-state index contributed by atoms with van der Waals surface area (Å²) < 4.78 is 10.3. The lowest BCUT2D eigenvalue weighted by molar-refractivity contribution is -0.129. The zero-order valence-corrected chi connectivity index (χ0v) is 22.0. The molecule has 0 saturated carbocycles. The van der Waals surface area contributed by atoms with Crippen LogP contribution in [0.25, 0.3) is 5.70 Å². The van der Waals surface area contributed by atoms with Gasteiger partial charge in [-0.1, -0.05) is 6.07 Å². The van der Waals surface area contributed by atoms with Crippen molar-refractivity contribution < 1.29 is 23.9 Å². The molecule has 2 rings (SSSR count). The maximum absolute atomic E-state index is 12.9. The van der Waals surface area contributed by atoms with Crippen molar-refractivity contribution in [1.82, 2.24) is 16.0 Å². The summed E-state index contributed by atoms with van der Waals surface area (Å²) in [4.78, 5) is 38.1. The average molecular weight is 520 g/mol. The molecule has 1 aromatic rings. The topological polar surface area (TPSA) is 156 Å². The summed E-state index contributed by atoms with van der Waals surface area (Å²) in [5.41, 5.74) is 9.56. The van der Waals surface area contributed by atoms with Gasteiger partial charge in [0.2, 0.25) is 11.8 Å². The van der Waals surface area contributed by atoms with Crippen LogP contribution in [0.5, 0.6) is 0 Å². The first-order valence-electron chi connectivity index (χ1n) is 11.9. The third kappa shape index (κ3) is 9.63. The van der Waals surface area contributed by atoms with E-state index in [2.05, 4.69) is 16.0 Å². The number of hydrogen-bond donors (Lipinski definition) is 5. The molecule has 6 N–H and O–H groups in total. The number of nitrogens with two attached hydrogens (primary N) is 1. The van der Waals surface area contributed by atoms with Crippen LogP contribution in [0.15, 0.2) is 18.2 Å². The molecule has 198 valence electrons. The Morgan fingerprint density at radius 3 is 2.69 bits per heavy atom. The summed E-state index contributed by atoms with van der Waals surface area (Å²) >= 11 is 1.19. The number of nitrogens with one attached hydrogen (secondary N) is 4. The number of amides is 3. The van der Waals surface area contributed by atoms with Crippen molar-refractivity contribution in [3.05, 3.63) is 40.5 Å². The van der Waals surface area contributed by atoms with Gasteiger partial charge in [0.05, 0.1) is 24.9 Å². The Balaban J connectivity index is 2.11. The minimum atomic E-state index is -0.739. The molecule has 1 unspecified atom stereocenters. The van der Waals surface area contributed by atoms with E-state index < -0.39 is 6.04 Å². The number of aryl methyl sites for hydroxylation is 2. The number of methoxy groups -OCH3 is 1. The van der Waals surface area contributed by atoms with Crippen molar-refractivity contribution in [2.45, 2.75) is 39.2 Å². The molecule has 1 atom stereocenters. The van der Waals surface area contributed by atoms with Gasteiger partial charge in [-0.15, -0.1) is 11.8 Å². The second-order valence-corrected chi connectivity index (χ2v) is 9.60. The smallest absolute Gasteiger partial charge is 0.251 e. The molecule has 1 aliphatic heterocycles. The van der Waals surface area contributed by atoms with E-state index in [9.17, 15) is 14.4 Å². The summed E-state index contributed by atoms with van der Waals surface area (Å²) in [6.07, 6.45) is 2.53. The van der Waals surface area contributed by atoms with Gasteiger partial charge < -0.3 is 31.2 Å². The third-order valence-corrected chi connectivity index (χ3v) is 6.42. The van der Waals surface area contributed by atoms with E-state index in [-0.39, 0.29) is 29.2 Å². The molecule has 1 aliphatic rings. The van der Waals surface area contributed by atoms with Crippen molar-refractivity contribution in [3.8, 4) is 0 Å². The van der Waals surface area contributed by atoms with Crippen molar-refractivity contribution in [1.29, 1.82) is 5.41 Å². The molecule has 2 bridgehead atoms. The summed E-state index contributed by atoms with van der Waals surface area (Å²) in [7, 11) is 1.58. The predicted octanol–water partition coefficient (Wildman–Crippen LogP) is 1.49. The molecular weight excluding hydrogens is 482 g/mol. The van der Waals surface area contributed by atoms with Crippen LogP contribution < -0.4 is 21.7 Å². The lowest BCUT2D eigenvalue weighted by Crippen LogP contribution is -2.47. The first-order valence-corrected chi connectivity index (χ1v) is 12.9. The van der Waals surface area contributed by atoms with Gasteiger partial charge in [0.25, 0.3) is 5.91 Å². The van der Waals surface area contributed by atoms with Crippen LogP contribution >= 0.6 is 11.8 Å². The number of ether oxygens (including phenoxy) is 2. The lowest BCUT2D eigenvalue weighted by atomic mass is 9.97. The first-order chi connectivity index (χ1) is 17.2. The molecule has 0 aromatic heterocycles. The van der Waals surface area contributed by atoms with Gasteiger partial charge in [-0.05, 0) is 50.0 Å². The fourth-order valence-electron chi connectivity index (χ4n) is 3.67. The van der Waals surface area contributed by atoms with Crippen LogP contribution in [-0.4, -0.2) is 74.6 Å². The Labute approximate surface area is 216 Å². The zero-order chi connectivity index (χ0) is 26.5. The summed E-state index contributed by atoms with van der Waals surface area (Å²) in [6.45, 7) is 5.65. The highest BCUT2D eigenvalue weighted by Crippen LogP contribution is 2.22. The van der Waals surface area contributed by atoms with Crippen molar-refractivity contribution in [2.24, 2.45) is 5.73 Å². The molecule has 0 saturated heterocycles. The summed E-state index contributed by atoms with van der Waals surface area (Å²) in [5, 5.41) is 16.9. The highest BCUT2D eigenvalue weighted by Gasteiger charge is 2.21. The van der Waals surface area contributed by atoms with Crippen LogP contribution in [0, 0.1) is 19.3 Å². The standard InChI is InChI=1S/C25H37N5O5S/c1-16-13-17(2)19-14-18(16)20(26)15-22(27)36-12-6-23(31)30-21(5-4-7-28-24(19)32)25(33)29-8-9-35-11-10-34-3/h13-15,21,27H,4-12,26H2,1-3H3,(H,28,32)(H,29,33)(H,30,31)/b20-15-,27-22?. The lowest BCUT2D eigenvalue weighted by Gasteiger charge is -2.19. The molecule has 0 radical (unpaired) electrons. The summed E-state index contributed by atoms with van der Waals surface area (Å²) in [6, 6.07) is 2.91. The number of carbonyl (C=O) groups is 3. The Morgan fingerprint density at radius 1 is 1.19 bits per heavy atom. The van der Waals surface area contributed by atoms with Crippen LogP contribution in [-0.2, 0) is 19.1 Å². The van der Waals surface area contributed by atoms with E-state index in [1.54, 1.807) is 13.2 Å². The molecule has 10 nitrogen and oxygen atoms in total. The fraction of sp³-hybridized carbons (Fsp3) is 0.520.